The van der Waals surface area contributed by atoms with Gasteiger partial charge in [0.2, 0.25) is 0 Å². The van der Waals surface area contributed by atoms with Crippen molar-refractivity contribution in [1.82, 2.24) is 9.78 Å². The van der Waals surface area contributed by atoms with Gasteiger partial charge in [0.25, 0.3) is 11.6 Å². The number of rotatable bonds is 4. The number of hydrogen-bond acceptors (Lipinski definition) is 4. The summed E-state index contributed by atoms with van der Waals surface area (Å²) >= 11 is 6.47. The van der Waals surface area contributed by atoms with E-state index in [1.165, 1.54) is 12.1 Å². The lowest BCUT2D eigenvalue weighted by molar-refractivity contribution is -0.385. The number of halogens is 2. The number of anilines is 1. The van der Waals surface area contributed by atoms with Gasteiger partial charge in [0, 0.05) is 33.8 Å². The fraction of sp³-hybridized carbons (Fsp3) is 0.231. The maximum Gasteiger partial charge on any atom is 0.271 e. The second-order valence-electron chi connectivity index (χ2n) is 4.48. The van der Waals surface area contributed by atoms with Crippen LogP contribution >= 0.6 is 31.9 Å². The summed E-state index contributed by atoms with van der Waals surface area (Å²) in [6, 6.07) is 2.67. The second kappa shape index (κ2) is 6.57. The molecule has 9 heteroatoms. The van der Waals surface area contributed by atoms with Crippen LogP contribution in [0.3, 0.4) is 0 Å². The minimum atomic E-state index is -0.503. The highest BCUT2D eigenvalue weighted by molar-refractivity contribution is 9.11. The van der Waals surface area contributed by atoms with Crippen molar-refractivity contribution in [3.63, 3.8) is 0 Å². The lowest BCUT2D eigenvalue weighted by Gasteiger charge is -2.09. The van der Waals surface area contributed by atoms with Crippen molar-refractivity contribution in [3.8, 4) is 0 Å². The Kier molecular flexibility index (Phi) is 4.97. The van der Waals surface area contributed by atoms with Gasteiger partial charge in [-0.2, -0.15) is 5.10 Å². The molecule has 0 unspecified atom stereocenters. The van der Waals surface area contributed by atoms with E-state index in [2.05, 4.69) is 42.3 Å². The van der Waals surface area contributed by atoms with Crippen LogP contribution in [0, 0.1) is 17.0 Å². The van der Waals surface area contributed by atoms with Gasteiger partial charge >= 0.3 is 0 Å². The Hall–Kier alpha value is -1.74. The first-order valence-electron chi connectivity index (χ1n) is 6.32. The highest BCUT2D eigenvalue weighted by Crippen LogP contribution is 2.35. The van der Waals surface area contributed by atoms with Crippen molar-refractivity contribution in [3.05, 3.63) is 48.6 Å². The summed E-state index contributed by atoms with van der Waals surface area (Å²) in [4.78, 5) is 22.7. The standard InChI is InChI=1S/C13H12Br2N4O3/c1-3-18-6-9(7(2)17-18)13(20)16-12-10(14)4-8(19(21)22)5-11(12)15/h4-6H,3H2,1-2H3,(H,16,20). The summed E-state index contributed by atoms with van der Waals surface area (Å²) in [7, 11) is 0. The van der Waals surface area contributed by atoms with E-state index in [1.54, 1.807) is 17.8 Å². The Morgan fingerprint density at radius 3 is 2.45 bits per heavy atom. The molecule has 1 aromatic carbocycles. The molecule has 0 aliphatic heterocycles. The van der Waals surface area contributed by atoms with Gasteiger partial charge in [0.1, 0.15) is 0 Å². The van der Waals surface area contributed by atoms with Crippen LogP contribution in [0.1, 0.15) is 23.0 Å². The van der Waals surface area contributed by atoms with Gasteiger partial charge in [-0.1, -0.05) is 0 Å². The highest BCUT2D eigenvalue weighted by atomic mass is 79.9. The van der Waals surface area contributed by atoms with Crippen LogP contribution in [-0.2, 0) is 6.54 Å². The quantitative estimate of drug-likeness (QED) is 0.587. The molecule has 0 saturated carbocycles. The minimum Gasteiger partial charge on any atom is -0.320 e. The Labute approximate surface area is 143 Å². The number of amides is 1. The van der Waals surface area contributed by atoms with Crippen LogP contribution in [-0.4, -0.2) is 20.6 Å². The number of non-ortho nitro benzene ring substituents is 1. The first-order valence-corrected chi connectivity index (χ1v) is 7.91. The predicted molar refractivity (Wildman–Crippen MR) is 89.1 cm³/mol. The van der Waals surface area contributed by atoms with Crippen LogP contribution in [0.15, 0.2) is 27.3 Å². The number of nitrogens with zero attached hydrogens (tertiary/aromatic N) is 3. The molecule has 1 aromatic heterocycles. The summed E-state index contributed by atoms with van der Waals surface area (Å²) < 4.78 is 2.51. The number of aromatic nitrogens is 2. The van der Waals surface area contributed by atoms with E-state index in [-0.39, 0.29) is 11.6 Å². The van der Waals surface area contributed by atoms with Crippen molar-refractivity contribution in [2.75, 3.05) is 5.32 Å². The zero-order valence-electron chi connectivity index (χ0n) is 11.8. The van der Waals surface area contributed by atoms with Gasteiger partial charge in [0.15, 0.2) is 0 Å². The van der Waals surface area contributed by atoms with Crippen molar-refractivity contribution in [1.29, 1.82) is 0 Å². The Bertz CT molecular complexity index is 735. The van der Waals surface area contributed by atoms with E-state index in [9.17, 15) is 14.9 Å². The molecule has 116 valence electrons. The van der Waals surface area contributed by atoms with Crippen molar-refractivity contribution >= 4 is 49.1 Å². The largest absolute Gasteiger partial charge is 0.320 e. The SMILES string of the molecule is CCn1cc(C(=O)Nc2c(Br)cc([N+](=O)[O-])cc2Br)c(C)n1. The van der Waals surface area contributed by atoms with E-state index in [1.807, 2.05) is 6.92 Å². The molecule has 1 amide bonds. The van der Waals surface area contributed by atoms with Gasteiger partial charge < -0.3 is 5.32 Å². The van der Waals surface area contributed by atoms with Crippen LogP contribution in [0.4, 0.5) is 11.4 Å². The van der Waals surface area contributed by atoms with Crippen LogP contribution < -0.4 is 5.32 Å². The first kappa shape index (κ1) is 16.6. The first-order chi connectivity index (χ1) is 10.3. The number of nitrogens with one attached hydrogen (secondary N) is 1. The van der Waals surface area contributed by atoms with Crippen LogP contribution in [0.25, 0.3) is 0 Å². The molecular weight excluding hydrogens is 420 g/mol. The Morgan fingerprint density at radius 1 is 1.41 bits per heavy atom. The average Bonchev–Trinajstić information content (AvgIpc) is 2.83. The zero-order chi connectivity index (χ0) is 16.4. The van der Waals surface area contributed by atoms with Gasteiger partial charge in [0.05, 0.1) is 21.9 Å². The van der Waals surface area contributed by atoms with Crippen molar-refractivity contribution in [2.45, 2.75) is 20.4 Å². The molecule has 0 fully saturated rings. The molecule has 0 saturated heterocycles. The Balaban J connectivity index is 2.32. The summed E-state index contributed by atoms with van der Waals surface area (Å²) in [5.74, 6) is -0.326. The lowest BCUT2D eigenvalue weighted by atomic mass is 10.2. The normalized spacial score (nSPS) is 10.5. The molecular formula is C13H12Br2N4O3. The monoisotopic (exact) mass is 430 g/mol. The number of carbonyl (C=O) groups is 1. The molecule has 1 heterocycles. The number of benzene rings is 1. The number of hydrogen-bond donors (Lipinski definition) is 1. The highest BCUT2D eigenvalue weighted by Gasteiger charge is 2.18. The second-order valence-corrected chi connectivity index (χ2v) is 6.19. The molecule has 22 heavy (non-hydrogen) atoms. The van der Waals surface area contributed by atoms with Gasteiger partial charge in [-0.3, -0.25) is 19.6 Å². The van der Waals surface area contributed by atoms with Crippen LogP contribution in [0.2, 0.25) is 0 Å². The average molecular weight is 432 g/mol. The van der Waals surface area contributed by atoms with E-state index < -0.39 is 4.92 Å². The Morgan fingerprint density at radius 2 is 2.00 bits per heavy atom. The van der Waals surface area contributed by atoms with E-state index in [4.69, 9.17) is 0 Å². The molecule has 1 N–H and O–H groups in total. The predicted octanol–water partition coefficient (Wildman–Crippen LogP) is 3.90. The van der Waals surface area contributed by atoms with E-state index in [0.717, 1.165) is 0 Å². The third-order valence-electron chi connectivity index (χ3n) is 2.99. The number of nitro groups is 1. The molecule has 0 bridgehead atoms. The summed E-state index contributed by atoms with van der Waals surface area (Å²) in [5, 5.41) is 17.8. The molecule has 0 radical (unpaired) electrons. The third-order valence-corrected chi connectivity index (χ3v) is 4.24. The molecule has 0 atom stereocenters. The maximum atomic E-state index is 12.3. The summed E-state index contributed by atoms with van der Waals surface area (Å²) in [6.07, 6.45) is 1.66. The smallest absolute Gasteiger partial charge is 0.271 e. The zero-order valence-corrected chi connectivity index (χ0v) is 14.9. The van der Waals surface area contributed by atoms with E-state index in [0.29, 0.717) is 32.4 Å². The van der Waals surface area contributed by atoms with Crippen LogP contribution in [0.5, 0.6) is 0 Å². The van der Waals surface area contributed by atoms with Gasteiger partial charge in [-0.05, 0) is 45.7 Å². The van der Waals surface area contributed by atoms with Crippen molar-refractivity contribution < 1.29 is 9.72 Å². The number of aryl methyl sites for hydroxylation is 2. The molecule has 0 aliphatic carbocycles. The lowest BCUT2D eigenvalue weighted by Crippen LogP contribution is -2.13. The molecule has 2 rings (SSSR count). The summed E-state index contributed by atoms with van der Waals surface area (Å²) in [5.41, 5.74) is 1.43. The molecule has 0 aliphatic rings. The van der Waals surface area contributed by atoms with Crippen molar-refractivity contribution in [2.24, 2.45) is 0 Å². The fourth-order valence-corrected chi connectivity index (χ4v) is 3.23. The molecule has 7 nitrogen and oxygen atoms in total. The number of nitro benzene ring substituents is 1. The third kappa shape index (κ3) is 3.36. The maximum absolute atomic E-state index is 12.3. The molecule has 2 aromatic rings. The topological polar surface area (TPSA) is 90.1 Å². The van der Waals surface area contributed by atoms with Gasteiger partial charge in [-0.25, -0.2) is 0 Å². The summed E-state index contributed by atoms with van der Waals surface area (Å²) in [6.45, 7) is 4.34. The van der Waals surface area contributed by atoms with Gasteiger partial charge in [-0.15, -0.1) is 0 Å². The number of carbonyl (C=O) groups excluding carboxylic acids is 1. The fourth-order valence-electron chi connectivity index (χ4n) is 1.87. The molecule has 0 spiro atoms. The van der Waals surface area contributed by atoms with E-state index >= 15 is 0 Å². The minimum absolute atomic E-state index is 0.0771.